The van der Waals surface area contributed by atoms with Crippen LogP contribution in [0.4, 0.5) is 0 Å². The highest BCUT2D eigenvalue weighted by atomic mass is 35.5. The lowest BCUT2D eigenvalue weighted by molar-refractivity contribution is -0.118. The average molecular weight is 407 g/mol. The van der Waals surface area contributed by atoms with Gasteiger partial charge < -0.3 is 9.73 Å². The van der Waals surface area contributed by atoms with Crippen LogP contribution >= 0.6 is 23.4 Å². The molecule has 27 heavy (non-hydrogen) atoms. The zero-order valence-electron chi connectivity index (χ0n) is 14.7. The first-order valence-corrected chi connectivity index (χ1v) is 9.82. The largest absolute Gasteiger partial charge is 0.459 e. The van der Waals surface area contributed by atoms with Gasteiger partial charge in [-0.2, -0.15) is 0 Å². The molecule has 1 amide bonds. The molecule has 0 unspecified atom stereocenters. The van der Waals surface area contributed by atoms with Crippen LogP contribution in [0.1, 0.15) is 19.1 Å². The monoisotopic (exact) mass is 406 g/mol. The van der Waals surface area contributed by atoms with Crippen molar-refractivity contribution in [1.82, 2.24) is 20.1 Å². The predicted octanol–water partition coefficient (Wildman–Crippen LogP) is 3.30. The number of halogens is 1. The Balaban J connectivity index is 1.51. The van der Waals surface area contributed by atoms with Crippen LogP contribution in [0.25, 0.3) is 11.3 Å². The van der Waals surface area contributed by atoms with E-state index in [0.29, 0.717) is 28.2 Å². The molecule has 2 heterocycles. The van der Waals surface area contributed by atoms with E-state index >= 15 is 0 Å². The van der Waals surface area contributed by atoms with Crippen LogP contribution < -0.4 is 11.0 Å². The highest BCUT2D eigenvalue weighted by Crippen LogP contribution is 2.23. The Morgan fingerprint density at radius 1 is 1.30 bits per heavy atom. The number of amides is 1. The van der Waals surface area contributed by atoms with Crippen LogP contribution in [0, 0.1) is 0 Å². The average Bonchev–Trinajstić information content (AvgIpc) is 3.27. The summed E-state index contributed by atoms with van der Waals surface area (Å²) >= 11 is 7.11. The van der Waals surface area contributed by atoms with Gasteiger partial charge in [-0.1, -0.05) is 30.3 Å². The molecule has 1 aromatic carbocycles. The molecule has 0 saturated carbocycles. The third kappa shape index (κ3) is 5.05. The molecule has 2 N–H and O–H groups in total. The highest BCUT2D eigenvalue weighted by molar-refractivity contribution is 7.99. The second-order valence-electron chi connectivity index (χ2n) is 5.80. The number of hydrogen-bond acceptors (Lipinski definition) is 5. The predicted molar refractivity (Wildman–Crippen MR) is 105 cm³/mol. The van der Waals surface area contributed by atoms with Crippen molar-refractivity contribution in [1.29, 1.82) is 0 Å². The molecule has 0 saturated heterocycles. The van der Waals surface area contributed by atoms with E-state index in [2.05, 4.69) is 15.5 Å². The number of benzene rings is 1. The van der Waals surface area contributed by atoms with Crippen LogP contribution in [-0.4, -0.2) is 26.4 Å². The quantitative estimate of drug-likeness (QED) is 0.560. The van der Waals surface area contributed by atoms with Gasteiger partial charge in [0.2, 0.25) is 5.91 Å². The fraction of sp³-hybridized carbons (Fsp3) is 0.278. The van der Waals surface area contributed by atoms with Gasteiger partial charge in [-0.15, -0.1) is 5.10 Å². The van der Waals surface area contributed by atoms with Crippen molar-refractivity contribution in [3.63, 3.8) is 0 Å². The number of furan rings is 1. The molecule has 2 aromatic heterocycles. The fourth-order valence-corrected chi connectivity index (χ4v) is 3.37. The molecule has 142 valence electrons. The van der Waals surface area contributed by atoms with Crippen molar-refractivity contribution in [2.24, 2.45) is 0 Å². The third-order valence-corrected chi connectivity index (χ3v) is 4.98. The fourth-order valence-electron chi connectivity index (χ4n) is 2.44. The Morgan fingerprint density at radius 3 is 2.81 bits per heavy atom. The molecule has 0 atom stereocenters. The van der Waals surface area contributed by atoms with E-state index in [1.54, 1.807) is 12.1 Å². The lowest BCUT2D eigenvalue weighted by Gasteiger charge is -2.04. The minimum atomic E-state index is -0.259. The van der Waals surface area contributed by atoms with E-state index in [-0.39, 0.29) is 23.9 Å². The molecule has 0 aliphatic rings. The Labute approximate surface area is 165 Å². The van der Waals surface area contributed by atoms with Gasteiger partial charge in [0.25, 0.3) is 0 Å². The highest BCUT2D eigenvalue weighted by Gasteiger charge is 2.11. The molecule has 0 radical (unpaired) electrons. The number of aromatic amines is 1. The van der Waals surface area contributed by atoms with E-state index in [4.69, 9.17) is 16.0 Å². The summed E-state index contributed by atoms with van der Waals surface area (Å²) in [6.07, 6.45) is 0.813. The SMILES string of the molecule is CCCn1c(SCC(=O)NCc2ccc(-c3ccc(Cl)cc3)o2)n[nH]c1=O. The third-order valence-electron chi connectivity index (χ3n) is 3.75. The van der Waals surface area contributed by atoms with E-state index < -0.39 is 0 Å². The van der Waals surface area contributed by atoms with Crippen molar-refractivity contribution in [3.05, 3.63) is 57.7 Å². The smallest absolute Gasteiger partial charge is 0.343 e. The van der Waals surface area contributed by atoms with Crippen molar-refractivity contribution in [2.45, 2.75) is 31.6 Å². The molecule has 3 rings (SSSR count). The molecule has 0 aliphatic heterocycles. The molecule has 0 bridgehead atoms. The van der Waals surface area contributed by atoms with Gasteiger partial charge in [0.1, 0.15) is 11.5 Å². The first-order valence-electron chi connectivity index (χ1n) is 8.46. The van der Waals surface area contributed by atoms with E-state index in [1.165, 1.54) is 16.3 Å². The summed E-state index contributed by atoms with van der Waals surface area (Å²) in [7, 11) is 0. The van der Waals surface area contributed by atoms with Gasteiger partial charge in [0, 0.05) is 17.1 Å². The van der Waals surface area contributed by atoms with Crippen molar-refractivity contribution in [3.8, 4) is 11.3 Å². The lowest BCUT2D eigenvalue weighted by atomic mass is 10.2. The van der Waals surface area contributed by atoms with Gasteiger partial charge in [-0.3, -0.25) is 9.36 Å². The number of nitrogens with zero attached hydrogens (tertiary/aromatic N) is 2. The van der Waals surface area contributed by atoms with Gasteiger partial charge in [-0.25, -0.2) is 9.89 Å². The first-order chi connectivity index (χ1) is 13.1. The zero-order valence-corrected chi connectivity index (χ0v) is 16.3. The van der Waals surface area contributed by atoms with Crippen LogP contribution in [0.15, 0.2) is 50.8 Å². The maximum absolute atomic E-state index is 12.1. The molecule has 7 nitrogen and oxygen atoms in total. The summed E-state index contributed by atoms with van der Waals surface area (Å²) in [4.78, 5) is 23.7. The lowest BCUT2D eigenvalue weighted by Crippen LogP contribution is -2.24. The summed E-state index contributed by atoms with van der Waals surface area (Å²) in [6, 6.07) is 11.0. The van der Waals surface area contributed by atoms with Gasteiger partial charge >= 0.3 is 5.69 Å². The molecular formula is C18H19ClN4O3S. The minimum absolute atomic E-state index is 0.164. The van der Waals surface area contributed by atoms with Crippen LogP contribution in [-0.2, 0) is 17.9 Å². The van der Waals surface area contributed by atoms with Crippen molar-refractivity contribution in [2.75, 3.05) is 5.75 Å². The summed E-state index contributed by atoms with van der Waals surface area (Å²) < 4.78 is 7.28. The molecule has 0 spiro atoms. The molecular weight excluding hydrogens is 388 g/mol. The van der Waals surface area contributed by atoms with Crippen LogP contribution in [0.2, 0.25) is 5.02 Å². The van der Waals surface area contributed by atoms with E-state index in [1.807, 2.05) is 31.2 Å². The number of hydrogen-bond donors (Lipinski definition) is 2. The van der Waals surface area contributed by atoms with Crippen molar-refractivity contribution < 1.29 is 9.21 Å². The minimum Gasteiger partial charge on any atom is -0.459 e. The van der Waals surface area contributed by atoms with E-state index in [9.17, 15) is 9.59 Å². The maximum Gasteiger partial charge on any atom is 0.343 e. The number of aromatic nitrogens is 3. The summed E-state index contributed by atoms with van der Waals surface area (Å²) in [6.45, 7) is 2.83. The second-order valence-corrected chi connectivity index (χ2v) is 7.18. The molecule has 3 aromatic rings. The number of nitrogens with one attached hydrogen (secondary N) is 2. The number of carbonyl (C=O) groups is 1. The molecule has 0 aliphatic carbocycles. The zero-order chi connectivity index (χ0) is 19.2. The summed E-state index contributed by atoms with van der Waals surface area (Å²) in [5.74, 6) is 1.37. The number of H-pyrrole nitrogens is 1. The topological polar surface area (TPSA) is 92.9 Å². The second kappa shape index (κ2) is 8.96. The number of carbonyl (C=O) groups excluding carboxylic acids is 1. The van der Waals surface area contributed by atoms with Crippen LogP contribution in [0.3, 0.4) is 0 Å². The first kappa shape index (κ1) is 19.3. The Bertz CT molecular complexity index is 962. The standard InChI is InChI=1S/C18H19ClN4O3S/c1-2-9-23-17(25)21-22-18(23)27-11-16(24)20-10-14-7-8-15(26-14)12-3-5-13(19)6-4-12/h3-8H,2,9-11H2,1H3,(H,20,24)(H,21,25). The van der Waals surface area contributed by atoms with Crippen LogP contribution in [0.5, 0.6) is 0 Å². The molecule has 0 fully saturated rings. The van der Waals surface area contributed by atoms with Gasteiger partial charge in [0.15, 0.2) is 5.16 Å². The molecule has 9 heteroatoms. The Morgan fingerprint density at radius 2 is 2.07 bits per heavy atom. The summed E-state index contributed by atoms with van der Waals surface area (Å²) in [5.41, 5.74) is 0.657. The maximum atomic E-state index is 12.1. The van der Waals surface area contributed by atoms with Crippen molar-refractivity contribution >= 4 is 29.3 Å². The van der Waals surface area contributed by atoms with E-state index in [0.717, 1.165) is 12.0 Å². The van der Waals surface area contributed by atoms with Gasteiger partial charge in [0.05, 0.1) is 12.3 Å². The number of rotatable bonds is 8. The summed E-state index contributed by atoms with van der Waals surface area (Å²) in [5, 5.41) is 10.3. The Hall–Kier alpha value is -2.45. The van der Waals surface area contributed by atoms with Gasteiger partial charge in [-0.05, 0) is 42.8 Å². The normalized spacial score (nSPS) is 10.9. The Kier molecular flexibility index (Phi) is 6.41. The number of thioether (sulfide) groups is 1.